The van der Waals surface area contributed by atoms with Crippen molar-refractivity contribution in [1.82, 2.24) is 0 Å². The van der Waals surface area contributed by atoms with Gasteiger partial charge in [-0.1, -0.05) is 58.6 Å². The lowest BCUT2D eigenvalue weighted by atomic mass is 9.46. The number of ether oxygens (including phenoxy) is 3. The number of hydrogen-bond acceptors (Lipinski definition) is 8. The van der Waals surface area contributed by atoms with Gasteiger partial charge in [0.05, 0.1) is 12.7 Å². The average molecular weight is 559 g/mol. The Labute approximate surface area is 237 Å². The molecule has 222 valence electrons. The van der Waals surface area contributed by atoms with Gasteiger partial charge in [0.15, 0.2) is 18.0 Å². The number of unbranched alkanes of at least 4 members (excludes halogenated alkanes) is 3. The molecule has 0 heterocycles. The van der Waals surface area contributed by atoms with Crippen LogP contribution in [0.4, 0.5) is 4.79 Å². The molecule has 7 atom stereocenters. The molecule has 0 saturated heterocycles. The molecule has 4 aliphatic rings. The highest BCUT2D eigenvalue weighted by molar-refractivity contribution is 6.01. The first-order valence-electron chi connectivity index (χ1n) is 15.2. The highest BCUT2D eigenvalue weighted by atomic mass is 16.7. The maximum Gasteiger partial charge on any atom is 0.509 e. The zero-order valence-corrected chi connectivity index (χ0v) is 24.5. The summed E-state index contributed by atoms with van der Waals surface area (Å²) < 4.78 is 16.8. The Kier molecular flexibility index (Phi) is 9.28. The lowest BCUT2D eigenvalue weighted by molar-refractivity contribution is -0.186. The fraction of sp³-hybridized carbons (Fsp3) is 0.750. The third-order valence-electron chi connectivity index (χ3n) is 10.4. The van der Waals surface area contributed by atoms with Gasteiger partial charge in [0.1, 0.15) is 0 Å². The molecule has 3 saturated carbocycles. The van der Waals surface area contributed by atoms with Crippen molar-refractivity contribution in [2.45, 2.75) is 110 Å². The van der Waals surface area contributed by atoms with Crippen LogP contribution >= 0.6 is 0 Å². The van der Waals surface area contributed by atoms with Gasteiger partial charge in [0.25, 0.3) is 0 Å². The molecule has 1 unspecified atom stereocenters. The van der Waals surface area contributed by atoms with Crippen LogP contribution in [0, 0.1) is 28.6 Å². The van der Waals surface area contributed by atoms with E-state index in [0.29, 0.717) is 19.3 Å². The highest BCUT2D eigenvalue weighted by Gasteiger charge is 2.70. The van der Waals surface area contributed by atoms with Crippen molar-refractivity contribution in [2.24, 2.45) is 28.6 Å². The van der Waals surface area contributed by atoms with Crippen molar-refractivity contribution < 1.29 is 38.5 Å². The normalized spacial score (nSPS) is 36.1. The molecule has 3 fully saturated rings. The topological polar surface area (TPSA) is 116 Å². The fourth-order valence-electron chi connectivity index (χ4n) is 8.33. The van der Waals surface area contributed by atoms with Crippen LogP contribution < -0.4 is 0 Å². The lowest BCUT2D eigenvalue weighted by Crippen LogP contribution is -2.63. The SMILES string of the molecule is CCCCCOC(=O)O[C@]1(C(=O)COC(=O)CCCC)CC[C@H]2[C@@H]3CCC4=CC(=O)C=C[C@]4(C)[C@H]3C(O)C[C@@]21C. The van der Waals surface area contributed by atoms with Crippen molar-refractivity contribution >= 4 is 23.7 Å². The largest absolute Gasteiger partial charge is 0.509 e. The van der Waals surface area contributed by atoms with E-state index in [1.165, 1.54) is 0 Å². The number of rotatable bonds is 11. The minimum Gasteiger partial charge on any atom is -0.457 e. The summed E-state index contributed by atoms with van der Waals surface area (Å²) in [6, 6.07) is 0. The summed E-state index contributed by atoms with van der Waals surface area (Å²) in [6.45, 7) is 7.79. The van der Waals surface area contributed by atoms with E-state index in [1.807, 2.05) is 19.9 Å². The van der Waals surface area contributed by atoms with Gasteiger partial charge in [-0.15, -0.1) is 0 Å². The van der Waals surface area contributed by atoms with Crippen LogP contribution in [0.5, 0.6) is 0 Å². The quantitative estimate of drug-likeness (QED) is 0.255. The van der Waals surface area contributed by atoms with E-state index in [0.717, 1.165) is 37.7 Å². The van der Waals surface area contributed by atoms with Crippen molar-refractivity contribution in [3.8, 4) is 0 Å². The zero-order chi connectivity index (χ0) is 29.1. The minimum atomic E-state index is -1.56. The summed E-state index contributed by atoms with van der Waals surface area (Å²) in [5, 5.41) is 11.7. The maximum absolute atomic E-state index is 14.0. The number of fused-ring (bicyclic) bond motifs is 5. The minimum absolute atomic E-state index is 0.00191. The van der Waals surface area contributed by atoms with E-state index in [2.05, 4.69) is 13.8 Å². The van der Waals surface area contributed by atoms with Crippen molar-refractivity contribution in [3.05, 3.63) is 23.8 Å². The Hall–Kier alpha value is -2.48. The maximum atomic E-state index is 14.0. The summed E-state index contributed by atoms with van der Waals surface area (Å²) in [7, 11) is 0. The number of esters is 1. The molecule has 40 heavy (non-hydrogen) atoms. The Bertz CT molecular complexity index is 1060. The second-order valence-electron chi connectivity index (χ2n) is 12.7. The molecule has 8 nitrogen and oxygen atoms in total. The number of Topliss-reactive ketones (excluding diaryl/α,β-unsaturated/α-hetero) is 1. The standard InChI is InChI=1S/C32H46O8/c1-5-7-9-17-38-29(37)40-32(26(35)20-39-27(36)10-8-6-2)16-14-24-23-12-11-21-18-22(33)13-15-30(21,3)28(23)25(34)19-31(24,32)4/h13,15,18,23-25,28,34H,5-12,14,16-17,19-20H2,1-4H3/t23-,24-,25?,28+,30-,31-,32-/m0/s1. The number of carbonyl (C=O) groups is 4. The van der Waals surface area contributed by atoms with Gasteiger partial charge >= 0.3 is 12.1 Å². The number of allylic oxidation sites excluding steroid dienone is 4. The molecule has 0 aromatic rings. The van der Waals surface area contributed by atoms with E-state index in [-0.39, 0.29) is 49.4 Å². The average Bonchev–Trinajstić information content (AvgIpc) is 3.20. The Morgan fingerprint density at radius 3 is 2.52 bits per heavy atom. The van der Waals surface area contributed by atoms with Gasteiger partial charge in [-0.25, -0.2) is 4.79 Å². The van der Waals surface area contributed by atoms with Gasteiger partial charge in [0, 0.05) is 23.2 Å². The molecule has 0 aromatic heterocycles. The molecule has 1 N–H and O–H groups in total. The molecule has 8 heteroatoms. The first-order chi connectivity index (χ1) is 19.0. The number of aliphatic hydroxyl groups excluding tert-OH is 1. The van der Waals surface area contributed by atoms with Gasteiger partial charge in [0.2, 0.25) is 5.78 Å². The number of ketones is 2. The van der Waals surface area contributed by atoms with Crippen LogP contribution in [0.15, 0.2) is 23.8 Å². The predicted octanol–water partition coefficient (Wildman–Crippen LogP) is 5.65. The lowest BCUT2D eigenvalue weighted by Gasteiger charge is -2.59. The molecule has 0 aromatic carbocycles. The smallest absolute Gasteiger partial charge is 0.457 e. The first-order valence-corrected chi connectivity index (χ1v) is 15.2. The van der Waals surface area contributed by atoms with E-state index >= 15 is 0 Å². The van der Waals surface area contributed by atoms with Gasteiger partial charge in [-0.05, 0) is 68.9 Å². The first kappa shape index (κ1) is 30.5. The zero-order valence-electron chi connectivity index (χ0n) is 24.5. The van der Waals surface area contributed by atoms with Crippen LogP contribution in [0.25, 0.3) is 0 Å². The Morgan fingerprint density at radius 2 is 1.80 bits per heavy atom. The molecular weight excluding hydrogens is 512 g/mol. The number of aliphatic hydroxyl groups is 1. The monoisotopic (exact) mass is 558 g/mol. The van der Waals surface area contributed by atoms with E-state index in [9.17, 15) is 24.3 Å². The molecule has 0 amide bonds. The van der Waals surface area contributed by atoms with Crippen molar-refractivity contribution in [3.63, 3.8) is 0 Å². The summed E-state index contributed by atoms with van der Waals surface area (Å²) >= 11 is 0. The third kappa shape index (κ3) is 5.40. The van der Waals surface area contributed by atoms with Crippen molar-refractivity contribution in [2.75, 3.05) is 13.2 Å². The molecule has 0 radical (unpaired) electrons. The summed E-state index contributed by atoms with van der Waals surface area (Å²) in [6.07, 6.45) is 10.6. The molecule has 0 bridgehead atoms. The molecule has 4 rings (SSSR count). The second kappa shape index (κ2) is 12.2. The van der Waals surface area contributed by atoms with Crippen LogP contribution in [-0.4, -0.2) is 53.7 Å². The highest BCUT2D eigenvalue weighted by Crippen LogP contribution is 2.68. The summed E-state index contributed by atoms with van der Waals surface area (Å²) in [4.78, 5) is 51.3. The molecule has 0 aliphatic heterocycles. The van der Waals surface area contributed by atoms with Gasteiger partial charge in [-0.2, -0.15) is 0 Å². The fourth-order valence-corrected chi connectivity index (χ4v) is 8.33. The summed E-state index contributed by atoms with van der Waals surface area (Å²) in [5.41, 5.74) is -1.82. The number of hydrogen-bond donors (Lipinski definition) is 1. The predicted molar refractivity (Wildman–Crippen MR) is 148 cm³/mol. The second-order valence-corrected chi connectivity index (χ2v) is 12.7. The van der Waals surface area contributed by atoms with E-state index < -0.39 is 47.0 Å². The molecule has 4 aliphatic carbocycles. The third-order valence-corrected chi connectivity index (χ3v) is 10.4. The van der Waals surface area contributed by atoms with Gasteiger partial charge < -0.3 is 19.3 Å². The Balaban J connectivity index is 1.62. The van der Waals surface area contributed by atoms with Gasteiger partial charge in [-0.3, -0.25) is 14.4 Å². The van der Waals surface area contributed by atoms with Crippen LogP contribution in [-0.2, 0) is 28.6 Å². The summed E-state index contributed by atoms with van der Waals surface area (Å²) in [5.74, 6) is -0.976. The number of carbonyl (C=O) groups excluding carboxylic acids is 4. The molecule has 0 spiro atoms. The van der Waals surface area contributed by atoms with Crippen LogP contribution in [0.2, 0.25) is 0 Å². The Morgan fingerprint density at radius 1 is 1.05 bits per heavy atom. The van der Waals surface area contributed by atoms with E-state index in [1.54, 1.807) is 12.2 Å². The van der Waals surface area contributed by atoms with Crippen LogP contribution in [0.3, 0.4) is 0 Å². The van der Waals surface area contributed by atoms with Crippen molar-refractivity contribution in [1.29, 1.82) is 0 Å². The van der Waals surface area contributed by atoms with E-state index in [4.69, 9.17) is 14.2 Å². The molecular formula is C32H46O8. The van der Waals surface area contributed by atoms with Crippen LogP contribution in [0.1, 0.15) is 98.3 Å².